The minimum Gasteiger partial charge on any atom is -0.0753 e. The van der Waals surface area contributed by atoms with E-state index in [1.54, 1.807) is 0 Å². The van der Waals surface area contributed by atoms with Gasteiger partial charge in [-0.15, -0.1) is 0 Å². The van der Waals surface area contributed by atoms with Gasteiger partial charge in [0.25, 0.3) is 0 Å². The lowest BCUT2D eigenvalue weighted by Gasteiger charge is -2.38. The standard InChI is InChI=1S/C74H58Si2/c1-75(2,67-45-33-53-29-41-63-57(47-15-7-5-8-16-47)39-27-51-31-43-65(67)73(53)71(51)63)55-35-23-49(24-36-55)69-59-19-11-13-21-61(59)70(62-22-14-12-20-60(62)69)50-25-37-56(38-26-50)76(3,4)68-46-34-54-30-42-64-58(48-17-9-6-10-18-48)40-28-52-32-44-66(68)74(54)72(52)64/h5-28,31-46,71-72H,29-30H2,1-4H3. The molecule has 0 fully saturated rings. The van der Waals surface area contributed by atoms with Crippen LogP contribution in [0.3, 0.4) is 0 Å². The normalized spacial score (nSPS) is 17.7. The topological polar surface area (TPSA) is 0 Å². The predicted molar refractivity (Wildman–Crippen MR) is 331 cm³/mol. The molecule has 0 N–H and O–H groups in total. The van der Waals surface area contributed by atoms with Gasteiger partial charge < -0.3 is 0 Å². The molecule has 0 amide bonds. The van der Waals surface area contributed by atoms with E-state index < -0.39 is 16.1 Å². The largest absolute Gasteiger partial charge is 0.113 e. The lowest BCUT2D eigenvalue weighted by atomic mass is 9.68. The van der Waals surface area contributed by atoms with Crippen LogP contribution in [0.2, 0.25) is 26.2 Å². The van der Waals surface area contributed by atoms with Gasteiger partial charge in [-0.3, -0.25) is 0 Å². The molecule has 15 rings (SSSR count). The summed E-state index contributed by atoms with van der Waals surface area (Å²) < 4.78 is 0. The van der Waals surface area contributed by atoms with E-state index in [-0.39, 0.29) is 11.8 Å². The molecule has 0 bridgehead atoms. The first-order valence-corrected chi connectivity index (χ1v) is 33.4. The third kappa shape index (κ3) is 6.80. The highest BCUT2D eigenvalue weighted by Gasteiger charge is 2.40. The molecule has 0 aliphatic heterocycles. The molecule has 9 aromatic rings. The van der Waals surface area contributed by atoms with Crippen LogP contribution in [-0.2, 0) is 12.8 Å². The summed E-state index contributed by atoms with van der Waals surface area (Å²) in [5, 5.41) is 11.1. The molecule has 0 radical (unpaired) electrons. The first kappa shape index (κ1) is 45.3. The van der Waals surface area contributed by atoms with E-state index in [2.05, 4.69) is 269 Å². The highest BCUT2D eigenvalue weighted by Crippen LogP contribution is 2.52. The zero-order chi connectivity index (χ0) is 50.9. The Morgan fingerprint density at radius 2 is 0.711 bits per heavy atom. The summed E-state index contributed by atoms with van der Waals surface area (Å²) in [4.78, 5) is 0. The molecule has 0 spiro atoms. The molecule has 0 aromatic heterocycles. The lowest BCUT2D eigenvalue weighted by molar-refractivity contribution is 0.900. The minimum absolute atomic E-state index is 0.286. The Morgan fingerprint density at radius 3 is 1.09 bits per heavy atom. The highest BCUT2D eigenvalue weighted by molar-refractivity contribution is 7.01. The molecule has 76 heavy (non-hydrogen) atoms. The molecule has 0 saturated heterocycles. The van der Waals surface area contributed by atoms with Crippen molar-refractivity contribution in [2.24, 2.45) is 0 Å². The van der Waals surface area contributed by atoms with Crippen molar-refractivity contribution in [2.75, 3.05) is 0 Å². The third-order valence-corrected chi connectivity index (χ3v) is 25.5. The molecular weight excluding hydrogens is 945 g/mol. The second kappa shape index (κ2) is 17.2. The summed E-state index contributed by atoms with van der Waals surface area (Å²) in [6.07, 6.45) is 26.1. The summed E-state index contributed by atoms with van der Waals surface area (Å²) in [6, 6.07) is 69.6. The van der Waals surface area contributed by atoms with Crippen molar-refractivity contribution in [1.29, 1.82) is 0 Å². The van der Waals surface area contributed by atoms with Gasteiger partial charge in [0.15, 0.2) is 0 Å². The minimum atomic E-state index is -2.16. The molecule has 6 aliphatic rings. The first-order chi connectivity index (χ1) is 37.2. The van der Waals surface area contributed by atoms with Crippen molar-refractivity contribution in [3.8, 4) is 22.3 Å². The fourth-order valence-corrected chi connectivity index (χ4v) is 19.8. The van der Waals surface area contributed by atoms with Crippen molar-refractivity contribution in [3.63, 3.8) is 0 Å². The summed E-state index contributed by atoms with van der Waals surface area (Å²) in [5.41, 5.74) is 25.2. The molecule has 2 atom stereocenters. The molecular formula is C74H58Si2. The number of benzene rings is 9. The second-order valence-electron chi connectivity index (χ2n) is 22.9. The Kier molecular flexibility index (Phi) is 10.2. The number of allylic oxidation sites excluding steroid dienone is 14. The van der Waals surface area contributed by atoms with Gasteiger partial charge in [0, 0.05) is 11.8 Å². The van der Waals surface area contributed by atoms with E-state index in [4.69, 9.17) is 0 Å². The molecule has 6 aliphatic carbocycles. The summed E-state index contributed by atoms with van der Waals surface area (Å²) in [5.74, 6) is 0.573. The Labute approximate surface area is 449 Å². The van der Waals surface area contributed by atoms with Gasteiger partial charge in [-0.1, -0.05) is 279 Å². The van der Waals surface area contributed by atoms with Crippen LogP contribution in [0.25, 0.3) is 67.1 Å². The van der Waals surface area contributed by atoms with Crippen LogP contribution in [0.15, 0.2) is 253 Å². The Balaban J connectivity index is 0.764. The van der Waals surface area contributed by atoms with Gasteiger partial charge in [-0.05, 0) is 145 Å². The van der Waals surface area contributed by atoms with E-state index >= 15 is 0 Å². The van der Waals surface area contributed by atoms with Gasteiger partial charge in [0.2, 0.25) is 0 Å². The van der Waals surface area contributed by atoms with Crippen LogP contribution in [-0.4, -0.2) is 16.1 Å². The molecule has 0 heterocycles. The Hall–Kier alpha value is -8.15. The van der Waals surface area contributed by atoms with Gasteiger partial charge in [-0.25, -0.2) is 0 Å². The summed E-state index contributed by atoms with van der Waals surface area (Å²) >= 11 is 0. The number of rotatable bonds is 8. The van der Waals surface area contributed by atoms with Crippen LogP contribution in [0.4, 0.5) is 0 Å². The molecule has 0 saturated carbocycles. The fourth-order valence-electron chi connectivity index (χ4n) is 14.4. The third-order valence-electron chi connectivity index (χ3n) is 18.3. The van der Waals surface area contributed by atoms with E-state index in [0.717, 1.165) is 12.8 Å². The first-order valence-electron chi connectivity index (χ1n) is 27.4. The van der Waals surface area contributed by atoms with Crippen molar-refractivity contribution >= 4 is 81.7 Å². The van der Waals surface area contributed by atoms with Gasteiger partial charge >= 0.3 is 0 Å². The van der Waals surface area contributed by atoms with Crippen molar-refractivity contribution in [3.05, 3.63) is 297 Å². The average molecular weight is 1000 g/mol. The summed E-state index contributed by atoms with van der Waals surface area (Å²) in [7, 11) is -4.32. The average Bonchev–Trinajstić information content (AvgIpc) is 3.63. The van der Waals surface area contributed by atoms with Gasteiger partial charge in [0.1, 0.15) is 16.1 Å². The quantitative estimate of drug-likeness (QED) is 0.105. The maximum Gasteiger partial charge on any atom is 0.113 e. The Bertz CT molecular complexity index is 3890. The van der Waals surface area contributed by atoms with Crippen LogP contribution in [0, 0.1) is 0 Å². The van der Waals surface area contributed by atoms with Gasteiger partial charge in [0.05, 0.1) is 0 Å². The van der Waals surface area contributed by atoms with Crippen LogP contribution < -0.4 is 20.7 Å². The van der Waals surface area contributed by atoms with Crippen LogP contribution in [0.5, 0.6) is 0 Å². The zero-order valence-corrected chi connectivity index (χ0v) is 45.7. The van der Waals surface area contributed by atoms with E-state index in [1.807, 2.05) is 0 Å². The second-order valence-corrected chi connectivity index (χ2v) is 31.7. The van der Waals surface area contributed by atoms with Gasteiger partial charge in [-0.2, -0.15) is 0 Å². The molecule has 9 aromatic carbocycles. The van der Waals surface area contributed by atoms with Crippen molar-refractivity contribution < 1.29 is 0 Å². The summed E-state index contributed by atoms with van der Waals surface area (Å²) in [6.45, 7) is 10.2. The zero-order valence-electron chi connectivity index (χ0n) is 43.7. The predicted octanol–water partition coefficient (Wildman–Crippen LogP) is 16.2. The maximum absolute atomic E-state index is 2.55. The fraction of sp³-hybridized carbons (Fsp3) is 0.108. The van der Waals surface area contributed by atoms with E-state index in [0.29, 0.717) is 0 Å². The highest BCUT2D eigenvalue weighted by atomic mass is 28.3. The number of hydrogen-bond donors (Lipinski definition) is 0. The SMILES string of the molecule is C[Si](C)(c1ccc(-c2c3ccccc3c(-c3ccc([Si](C)(C)c4ccc5c6c4C=CC4=CC=C(c7ccccc7)C(=CC5)C46)cc3)c3ccccc23)cc1)c1ccc2c3c1C=CC1=CC=C(c4ccccc4)C(=CC2)C13. The van der Waals surface area contributed by atoms with Crippen LogP contribution >= 0.6 is 0 Å². The monoisotopic (exact) mass is 1000 g/mol. The van der Waals surface area contributed by atoms with Crippen LogP contribution in [0.1, 0.15) is 56.3 Å². The number of hydrogen-bond acceptors (Lipinski definition) is 0. The molecule has 2 unspecified atom stereocenters. The molecule has 362 valence electrons. The van der Waals surface area contributed by atoms with E-state index in [9.17, 15) is 0 Å². The Morgan fingerprint density at radius 1 is 0.342 bits per heavy atom. The molecule has 2 heteroatoms. The smallest absolute Gasteiger partial charge is 0.0753 e. The lowest BCUT2D eigenvalue weighted by Crippen LogP contribution is -2.54. The molecule has 0 nitrogen and oxygen atoms in total. The number of fused-ring (bicyclic) bond motifs is 2. The van der Waals surface area contributed by atoms with E-state index in [1.165, 1.54) is 142 Å². The van der Waals surface area contributed by atoms with Crippen molar-refractivity contribution in [1.82, 2.24) is 0 Å². The maximum atomic E-state index is 2.55. The van der Waals surface area contributed by atoms with Crippen molar-refractivity contribution in [2.45, 2.75) is 50.9 Å².